The van der Waals surface area contributed by atoms with Gasteiger partial charge in [-0.3, -0.25) is 4.79 Å². The van der Waals surface area contributed by atoms with Gasteiger partial charge in [0.05, 0.1) is 26.2 Å². The van der Waals surface area contributed by atoms with Gasteiger partial charge >= 0.3 is 0 Å². The Bertz CT molecular complexity index is 1070. The summed E-state index contributed by atoms with van der Waals surface area (Å²) >= 11 is 1.17. The lowest BCUT2D eigenvalue weighted by Crippen LogP contribution is -2.22. The SMILES string of the molecule is COc1ccc(S(=O)(=O)CC(=O)Nc2nc3c(OC)ccc(OC)c3s2)cc1. The Morgan fingerprint density at radius 3 is 2.25 bits per heavy atom. The minimum Gasteiger partial charge on any atom is -0.497 e. The first-order chi connectivity index (χ1) is 13.4. The molecule has 0 saturated heterocycles. The molecule has 0 aliphatic carbocycles. The van der Waals surface area contributed by atoms with Crippen LogP contribution in [-0.2, 0) is 14.6 Å². The molecule has 0 aliphatic heterocycles. The lowest BCUT2D eigenvalue weighted by atomic mass is 10.3. The maximum atomic E-state index is 12.4. The number of fused-ring (bicyclic) bond motifs is 1. The van der Waals surface area contributed by atoms with Crippen molar-refractivity contribution in [3.05, 3.63) is 36.4 Å². The number of methoxy groups -OCH3 is 3. The van der Waals surface area contributed by atoms with Crippen molar-refractivity contribution in [2.75, 3.05) is 32.4 Å². The molecule has 8 nitrogen and oxygen atoms in total. The molecular weight excluding hydrogens is 404 g/mol. The second-order valence-electron chi connectivity index (χ2n) is 5.65. The number of benzene rings is 2. The van der Waals surface area contributed by atoms with E-state index in [9.17, 15) is 13.2 Å². The highest BCUT2D eigenvalue weighted by Gasteiger charge is 2.21. The molecule has 0 unspecified atom stereocenters. The van der Waals surface area contributed by atoms with Crippen LogP contribution in [0.25, 0.3) is 10.2 Å². The predicted octanol–water partition coefficient (Wildman–Crippen LogP) is 2.73. The Kier molecular flexibility index (Phi) is 5.71. The van der Waals surface area contributed by atoms with Gasteiger partial charge in [0.2, 0.25) is 5.91 Å². The van der Waals surface area contributed by atoms with Gasteiger partial charge in [0.1, 0.15) is 33.2 Å². The van der Waals surface area contributed by atoms with E-state index in [-0.39, 0.29) is 10.0 Å². The minimum atomic E-state index is -3.80. The summed E-state index contributed by atoms with van der Waals surface area (Å²) in [5, 5.41) is 2.79. The summed E-state index contributed by atoms with van der Waals surface area (Å²) in [7, 11) is 0.727. The number of ether oxygens (including phenoxy) is 3. The lowest BCUT2D eigenvalue weighted by molar-refractivity contribution is -0.113. The molecule has 1 heterocycles. The van der Waals surface area contributed by atoms with Crippen molar-refractivity contribution in [1.29, 1.82) is 0 Å². The number of nitrogens with zero attached hydrogens (tertiary/aromatic N) is 1. The van der Waals surface area contributed by atoms with Crippen molar-refractivity contribution in [2.24, 2.45) is 0 Å². The predicted molar refractivity (Wildman–Crippen MR) is 106 cm³/mol. The maximum Gasteiger partial charge on any atom is 0.241 e. The molecule has 10 heteroatoms. The summed E-state index contributed by atoms with van der Waals surface area (Å²) < 4.78 is 41.2. The van der Waals surface area contributed by atoms with Crippen molar-refractivity contribution in [3.63, 3.8) is 0 Å². The Morgan fingerprint density at radius 2 is 1.64 bits per heavy atom. The second kappa shape index (κ2) is 8.03. The van der Waals surface area contributed by atoms with E-state index in [2.05, 4.69) is 10.3 Å². The van der Waals surface area contributed by atoms with Gasteiger partial charge in [0, 0.05) is 0 Å². The highest BCUT2D eigenvalue weighted by atomic mass is 32.2. The topological polar surface area (TPSA) is 104 Å². The number of aromatic nitrogens is 1. The van der Waals surface area contributed by atoms with Crippen molar-refractivity contribution in [2.45, 2.75) is 4.90 Å². The molecule has 0 radical (unpaired) electrons. The summed E-state index contributed by atoms with van der Waals surface area (Å²) in [6.45, 7) is 0. The molecule has 0 saturated carbocycles. The van der Waals surface area contributed by atoms with Crippen LogP contribution in [0.15, 0.2) is 41.3 Å². The normalized spacial score (nSPS) is 11.2. The van der Waals surface area contributed by atoms with Gasteiger partial charge in [-0.2, -0.15) is 0 Å². The molecule has 0 aliphatic rings. The highest BCUT2D eigenvalue weighted by molar-refractivity contribution is 7.92. The molecule has 1 N–H and O–H groups in total. The van der Waals surface area contributed by atoms with Gasteiger partial charge in [0.15, 0.2) is 15.0 Å². The van der Waals surface area contributed by atoms with Crippen LogP contribution in [0.3, 0.4) is 0 Å². The average Bonchev–Trinajstić information content (AvgIpc) is 3.10. The smallest absolute Gasteiger partial charge is 0.241 e. The Balaban J connectivity index is 1.80. The Labute approximate surface area is 166 Å². The number of carbonyl (C=O) groups is 1. The maximum absolute atomic E-state index is 12.4. The molecule has 1 aromatic heterocycles. The summed E-state index contributed by atoms with van der Waals surface area (Å²) in [5.41, 5.74) is 0.528. The first-order valence-electron chi connectivity index (χ1n) is 8.06. The molecular formula is C18H18N2O6S2. The minimum absolute atomic E-state index is 0.0380. The van der Waals surface area contributed by atoms with Crippen LogP contribution >= 0.6 is 11.3 Å². The zero-order valence-corrected chi connectivity index (χ0v) is 17.0. The Hall–Kier alpha value is -2.85. The lowest BCUT2D eigenvalue weighted by Gasteiger charge is -2.05. The first-order valence-corrected chi connectivity index (χ1v) is 10.5. The van der Waals surface area contributed by atoms with Crippen LogP contribution in [0.4, 0.5) is 5.13 Å². The van der Waals surface area contributed by atoms with Gasteiger partial charge in [-0.05, 0) is 36.4 Å². The van der Waals surface area contributed by atoms with Gasteiger partial charge in [-0.25, -0.2) is 13.4 Å². The van der Waals surface area contributed by atoms with E-state index in [1.807, 2.05) is 0 Å². The molecule has 3 aromatic rings. The molecule has 28 heavy (non-hydrogen) atoms. The van der Waals surface area contributed by atoms with Crippen LogP contribution in [0.5, 0.6) is 17.2 Å². The molecule has 0 spiro atoms. The van der Waals surface area contributed by atoms with Crippen molar-refractivity contribution in [3.8, 4) is 17.2 Å². The van der Waals surface area contributed by atoms with Crippen molar-refractivity contribution >= 4 is 42.4 Å². The number of nitrogens with one attached hydrogen (secondary N) is 1. The zero-order valence-electron chi connectivity index (χ0n) is 15.4. The van der Waals surface area contributed by atoms with E-state index in [4.69, 9.17) is 14.2 Å². The summed E-state index contributed by atoms with van der Waals surface area (Å²) in [6, 6.07) is 9.29. The number of hydrogen-bond acceptors (Lipinski definition) is 8. The van der Waals surface area contributed by atoms with Gasteiger partial charge < -0.3 is 19.5 Å². The number of hydrogen-bond donors (Lipinski definition) is 1. The zero-order chi connectivity index (χ0) is 20.3. The third kappa shape index (κ3) is 4.02. The number of carbonyl (C=O) groups excluding carboxylic acids is 1. The van der Waals surface area contributed by atoms with Gasteiger partial charge in [-0.1, -0.05) is 11.3 Å². The molecule has 0 bridgehead atoms. The quantitative estimate of drug-likeness (QED) is 0.624. The monoisotopic (exact) mass is 422 g/mol. The van der Waals surface area contributed by atoms with Crippen LogP contribution in [0.2, 0.25) is 0 Å². The van der Waals surface area contributed by atoms with Crippen LogP contribution in [0, 0.1) is 0 Å². The summed E-state index contributed by atoms with van der Waals surface area (Å²) in [5.74, 6) is 0.246. The summed E-state index contributed by atoms with van der Waals surface area (Å²) in [6.07, 6.45) is 0. The molecule has 2 aromatic carbocycles. The fourth-order valence-electron chi connectivity index (χ4n) is 2.53. The number of rotatable bonds is 7. The molecule has 0 atom stereocenters. The standard InChI is InChI=1S/C18H18N2O6S2/c1-24-11-4-6-12(7-5-11)28(22,23)10-15(21)19-18-20-16-13(25-2)8-9-14(26-3)17(16)27-18/h4-9H,10H2,1-3H3,(H,19,20,21). The third-order valence-electron chi connectivity index (χ3n) is 3.90. The van der Waals surface area contributed by atoms with Crippen LogP contribution in [-0.4, -0.2) is 46.4 Å². The van der Waals surface area contributed by atoms with E-state index in [1.165, 1.54) is 56.9 Å². The highest BCUT2D eigenvalue weighted by Crippen LogP contribution is 2.38. The average molecular weight is 422 g/mol. The van der Waals surface area contributed by atoms with Crippen LogP contribution < -0.4 is 19.5 Å². The number of sulfone groups is 1. The molecule has 1 amide bonds. The van der Waals surface area contributed by atoms with E-state index in [0.717, 1.165) is 0 Å². The van der Waals surface area contributed by atoms with Crippen molar-refractivity contribution in [1.82, 2.24) is 4.98 Å². The molecule has 3 rings (SSSR count). The van der Waals surface area contributed by atoms with E-state index < -0.39 is 21.5 Å². The third-order valence-corrected chi connectivity index (χ3v) is 6.51. The fraction of sp³-hybridized carbons (Fsp3) is 0.222. The first kappa shape index (κ1) is 19.9. The number of anilines is 1. The summed E-state index contributed by atoms with van der Waals surface area (Å²) in [4.78, 5) is 16.7. The molecule has 0 fully saturated rings. The fourth-order valence-corrected chi connectivity index (χ4v) is 4.66. The van der Waals surface area contributed by atoms with E-state index in [1.54, 1.807) is 12.1 Å². The second-order valence-corrected chi connectivity index (χ2v) is 8.64. The van der Waals surface area contributed by atoms with Crippen molar-refractivity contribution < 1.29 is 27.4 Å². The number of thiazole rings is 1. The Morgan fingerprint density at radius 1 is 1.00 bits per heavy atom. The van der Waals surface area contributed by atoms with E-state index in [0.29, 0.717) is 27.5 Å². The van der Waals surface area contributed by atoms with Crippen LogP contribution in [0.1, 0.15) is 0 Å². The van der Waals surface area contributed by atoms with E-state index >= 15 is 0 Å². The largest absolute Gasteiger partial charge is 0.497 e. The van der Waals surface area contributed by atoms with Gasteiger partial charge in [-0.15, -0.1) is 0 Å². The van der Waals surface area contributed by atoms with Gasteiger partial charge in [0.25, 0.3) is 0 Å². The number of amides is 1. The molecule has 148 valence electrons.